The van der Waals surface area contributed by atoms with E-state index in [9.17, 15) is 18.0 Å². The third-order valence-corrected chi connectivity index (χ3v) is 4.71. The van der Waals surface area contributed by atoms with Gasteiger partial charge in [0.05, 0.1) is 4.90 Å². The van der Waals surface area contributed by atoms with Gasteiger partial charge in [0.1, 0.15) is 6.04 Å². The molecular formula is C15H23N3O4S. The van der Waals surface area contributed by atoms with Gasteiger partial charge >= 0.3 is 0 Å². The van der Waals surface area contributed by atoms with Crippen molar-refractivity contribution < 1.29 is 18.0 Å². The summed E-state index contributed by atoms with van der Waals surface area (Å²) in [6, 6.07) is 5.61. The van der Waals surface area contributed by atoms with Gasteiger partial charge in [0.25, 0.3) is 0 Å². The minimum absolute atomic E-state index is 0.0398. The second kappa shape index (κ2) is 8.07. The van der Waals surface area contributed by atoms with Crippen molar-refractivity contribution in [2.75, 3.05) is 7.05 Å². The number of carbonyl (C=O) groups excluding carboxylic acids is 2. The summed E-state index contributed by atoms with van der Waals surface area (Å²) in [7, 11) is -2.12. The molecule has 1 aromatic carbocycles. The third-order valence-electron chi connectivity index (χ3n) is 3.28. The third kappa shape index (κ3) is 5.65. The van der Waals surface area contributed by atoms with Gasteiger partial charge in [0, 0.05) is 13.5 Å². The summed E-state index contributed by atoms with van der Waals surface area (Å²) in [5.74, 6) is -0.579. The lowest BCUT2D eigenvalue weighted by Gasteiger charge is -2.21. The van der Waals surface area contributed by atoms with Gasteiger partial charge in [0.15, 0.2) is 0 Å². The monoisotopic (exact) mass is 341 g/mol. The van der Waals surface area contributed by atoms with Crippen molar-refractivity contribution in [3.05, 3.63) is 29.8 Å². The Hall–Kier alpha value is -1.93. The molecule has 3 N–H and O–H groups in total. The minimum atomic E-state index is -3.47. The second-order valence-electron chi connectivity index (χ2n) is 5.49. The van der Waals surface area contributed by atoms with Gasteiger partial charge in [-0.05, 0) is 30.7 Å². The van der Waals surface area contributed by atoms with Crippen LogP contribution in [0.15, 0.2) is 29.2 Å². The van der Waals surface area contributed by atoms with E-state index in [1.807, 2.05) is 13.8 Å². The summed E-state index contributed by atoms with van der Waals surface area (Å²) < 4.78 is 25.5. The van der Waals surface area contributed by atoms with Gasteiger partial charge in [-0.15, -0.1) is 0 Å². The Morgan fingerprint density at radius 3 is 2.13 bits per heavy atom. The van der Waals surface area contributed by atoms with Crippen LogP contribution in [0.4, 0.5) is 0 Å². The van der Waals surface area contributed by atoms with Crippen LogP contribution in [0.1, 0.15) is 26.3 Å². The Kier molecular flexibility index (Phi) is 6.71. The fraction of sp³-hybridized carbons (Fsp3) is 0.467. The summed E-state index contributed by atoms with van der Waals surface area (Å²) in [5.41, 5.74) is 0.763. The molecule has 0 aliphatic carbocycles. The number of hydrogen-bond acceptors (Lipinski definition) is 4. The molecule has 2 amide bonds. The molecule has 0 aliphatic heterocycles. The lowest BCUT2D eigenvalue weighted by molar-refractivity contribution is -0.129. The molecule has 0 saturated carbocycles. The van der Waals surface area contributed by atoms with E-state index in [1.54, 1.807) is 12.1 Å². The van der Waals surface area contributed by atoms with Crippen molar-refractivity contribution in [1.29, 1.82) is 0 Å². The fourth-order valence-electron chi connectivity index (χ4n) is 1.96. The van der Waals surface area contributed by atoms with Crippen LogP contribution in [-0.2, 0) is 26.2 Å². The molecule has 1 aromatic rings. The summed E-state index contributed by atoms with van der Waals surface area (Å²) in [4.78, 5) is 23.4. The first-order valence-corrected chi connectivity index (χ1v) is 8.73. The van der Waals surface area contributed by atoms with Crippen LogP contribution in [0.25, 0.3) is 0 Å². The van der Waals surface area contributed by atoms with Gasteiger partial charge in [-0.3, -0.25) is 9.59 Å². The first-order valence-electron chi connectivity index (χ1n) is 7.24. The number of sulfonamides is 1. The van der Waals surface area contributed by atoms with E-state index in [0.717, 1.165) is 5.56 Å². The maximum Gasteiger partial charge on any atom is 0.243 e. The molecule has 0 fully saturated rings. The molecule has 0 radical (unpaired) electrons. The number of nitrogens with one attached hydrogen (secondary N) is 3. The van der Waals surface area contributed by atoms with E-state index < -0.39 is 16.1 Å². The normalized spacial score (nSPS) is 12.7. The molecule has 1 rings (SSSR count). The average molecular weight is 341 g/mol. The molecule has 0 bridgehead atoms. The van der Waals surface area contributed by atoms with Crippen molar-refractivity contribution in [2.24, 2.45) is 5.92 Å². The first-order chi connectivity index (χ1) is 10.7. The van der Waals surface area contributed by atoms with Crippen LogP contribution in [0.2, 0.25) is 0 Å². The van der Waals surface area contributed by atoms with Crippen molar-refractivity contribution in [3.8, 4) is 0 Å². The molecule has 8 heteroatoms. The topological polar surface area (TPSA) is 104 Å². The highest BCUT2D eigenvalue weighted by atomic mass is 32.2. The van der Waals surface area contributed by atoms with Crippen LogP contribution < -0.4 is 15.4 Å². The molecule has 7 nitrogen and oxygen atoms in total. The lowest BCUT2D eigenvalue weighted by Crippen LogP contribution is -2.48. The van der Waals surface area contributed by atoms with Gasteiger partial charge < -0.3 is 10.6 Å². The molecule has 23 heavy (non-hydrogen) atoms. The molecule has 0 spiro atoms. The summed E-state index contributed by atoms with van der Waals surface area (Å²) in [5, 5.41) is 5.35. The zero-order valence-electron chi connectivity index (χ0n) is 13.7. The van der Waals surface area contributed by atoms with Gasteiger partial charge in [0.2, 0.25) is 21.8 Å². The van der Waals surface area contributed by atoms with Crippen molar-refractivity contribution in [2.45, 2.75) is 38.3 Å². The summed E-state index contributed by atoms with van der Waals surface area (Å²) in [6.07, 6.45) is 0. The van der Waals surface area contributed by atoms with E-state index in [4.69, 9.17) is 0 Å². The molecule has 0 aromatic heterocycles. The molecule has 0 heterocycles. The average Bonchev–Trinajstić information content (AvgIpc) is 2.50. The van der Waals surface area contributed by atoms with E-state index in [1.165, 1.54) is 26.1 Å². The molecule has 0 saturated heterocycles. The Labute approximate surface area is 136 Å². The smallest absolute Gasteiger partial charge is 0.243 e. The van der Waals surface area contributed by atoms with Gasteiger partial charge in [-0.2, -0.15) is 0 Å². The second-order valence-corrected chi connectivity index (χ2v) is 7.38. The van der Waals surface area contributed by atoms with Gasteiger partial charge in [-0.25, -0.2) is 13.1 Å². The Morgan fingerprint density at radius 1 is 1.13 bits per heavy atom. The zero-order valence-corrected chi connectivity index (χ0v) is 14.5. The van der Waals surface area contributed by atoms with Crippen LogP contribution >= 0.6 is 0 Å². The largest absolute Gasteiger partial charge is 0.350 e. The van der Waals surface area contributed by atoms with Crippen LogP contribution in [0.3, 0.4) is 0 Å². The molecule has 1 unspecified atom stereocenters. The summed E-state index contributed by atoms with van der Waals surface area (Å²) in [6.45, 7) is 5.31. The maximum absolute atomic E-state index is 12.1. The highest BCUT2D eigenvalue weighted by Crippen LogP contribution is 2.10. The number of carbonyl (C=O) groups is 2. The molecule has 128 valence electrons. The Morgan fingerprint density at radius 2 is 1.70 bits per heavy atom. The van der Waals surface area contributed by atoms with Crippen LogP contribution in [0, 0.1) is 5.92 Å². The van der Waals surface area contributed by atoms with Crippen molar-refractivity contribution in [1.82, 2.24) is 15.4 Å². The fourth-order valence-corrected chi connectivity index (χ4v) is 2.69. The van der Waals surface area contributed by atoms with Crippen LogP contribution in [0.5, 0.6) is 0 Å². The standard InChI is InChI=1S/C15H23N3O4S/c1-10(2)14(18-11(3)19)15(20)17-9-12-5-7-13(8-6-12)23(21,22)16-4/h5-8,10,14,16H,9H2,1-4H3,(H,17,20)(H,18,19). The highest BCUT2D eigenvalue weighted by Gasteiger charge is 2.22. The van der Waals surface area contributed by atoms with Gasteiger partial charge in [-0.1, -0.05) is 26.0 Å². The first kappa shape index (κ1) is 19.1. The summed E-state index contributed by atoms with van der Waals surface area (Å²) >= 11 is 0. The maximum atomic E-state index is 12.1. The number of amides is 2. The highest BCUT2D eigenvalue weighted by molar-refractivity contribution is 7.89. The zero-order chi connectivity index (χ0) is 17.6. The van der Waals surface area contributed by atoms with Crippen molar-refractivity contribution in [3.63, 3.8) is 0 Å². The predicted octanol–water partition coefficient (Wildman–Crippen LogP) is 0.372. The minimum Gasteiger partial charge on any atom is -0.350 e. The molecule has 0 aliphatic rings. The van der Waals surface area contributed by atoms with E-state index in [0.29, 0.717) is 0 Å². The Bertz CT molecular complexity index is 654. The van der Waals surface area contributed by atoms with Crippen molar-refractivity contribution >= 4 is 21.8 Å². The quantitative estimate of drug-likeness (QED) is 0.666. The van der Waals surface area contributed by atoms with E-state index in [-0.39, 0.29) is 29.2 Å². The lowest BCUT2D eigenvalue weighted by atomic mass is 10.0. The van der Waals surface area contributed by atoms with Crippen LogP contribution in [-0.4, -0.2) is 33.3 Å². The van der Waals surface area contributed by atoms with E-state index in [2.05, 4.69) is 15.4 Å². The van der Waals surface area contributed by atoms with E-state index >= 15 is 0 Å². The number of rotatable bonds is 7. The Balaban J connectivity index is 2.70. The molecular weight excluding hydrogens is 318 g/mol. The SMILES string of the molecule is CNS(=O)(=O)c1ccc(CNC(=O)C(NC(C)=O)C(C)C)cc1. The number of benzene rings is 1. The molecule has 1 atom stereocenters. The predicted molar refractivity (Wildman–Crippen MR) is 87.0 cm³/mol. The number of hydrogen-bond donors (Lipinski definition) is 3.